The normalized spacial score (nSPS) is 11.1. The molecule has 90 valence electrons. The molecule has 0 radical (unpaired) electrons. The van der Waals surface area contributed by atoms with Crippen molar-refractivity contribution >= 4 is 11.2 Å². The minimum absolute atomic E-state index is 0.120. The Labute approximate surface area is 95.6 Å². The van der Waals surface area contributed by atoms with E-state index in [9.17, 15) is 14.4 Å². The molecule has 7 heteroatoms. The molecule has 0 spiro atoms. The van der Waals surface area contributed by atoms with Gasteiger partial charge in [-0.15, -0.1) is 0 Å². The van der Waals surface area contributed by atoms with Crippen LogP contribution in [0.1, 0.15) is 5.69 Å². The molecule has 0 aliphatic rings. The molecule has 17 heavy (non-hydrogen) atoms. The van der Waals surface area contributed by atoms with Gasteiger partial charge in [0.1, 0.15) is 5.69 Å². The summed E-state index contributed by atoms with van der Waals surface area (Å²) in [6.07, 6.45) is 0. The predicted octanol–water partition coefficient (Wildman–Crippen LogP) is -1.36. The maximum Gasteiger partial charge on any atom is 0.332 e. The number of aromatic nitrogens is 4. The summed E-state index contributed by atoms with van der Waals surface area (Å²) < 4.78 is 3.48. The molecule has 0 aliphatic carbocycles. The summed E-state index contributed by atoms with van der Waals surface area (Å²) in [6, 6.07) is 0. The summed E-state index contributed by atoms with van der Waals surface area (Å²) in [7, 11) is 4.39. The fraction of sp³-hybridized carbons (Fsp3) is 0.400. The van der Waals surface area contributed by atoms with Crippen molar-refractivity contribution in [3.63, 3.8) is 0 Å². The van der Waals surface area contributed by atoms with Gasteiger partial charge in [-0.25, -0.2) is 9.78 Å². The van der Waals surface area contributed by atoms with Crippen LogP contribution < -0.4 is 16.8 Å². The summed E-state index contributed by atoms with van der Waals surface area (Å²) in [4.78, 5) is 39.3. The van der Waals surface area contributed by atoms with E-state index < -0.39 is 11.2 Å². The molecule has 0 N–H and O–H groups in total. The van der Waals surface area contributed by atoms with Gasteiger partial charge in [-0.1, -0.05) is 0 Å². The third kappa shape index (κ3) is 1.35. The van der Waals surface area contributed by atoms with Crippen LogP contribution in [0.25, 0.3) is 11.2 Å². The molecule has 0 amide bonds. The summed E-state index contributed by atoms with van der Waals surface area (Å²) >= 11 is 0. The number of hydrogen-bond acceptors (Lipinski definition) is 4. The first-order valence-electron chi connectivity index (χ1n) is 4.99. The van der Waals surface area contributed by atoms with Crippen molar-refractivity contribution in [2.75, 3.05) is 0 Å². The molecule has 2 heterocycles. The van der Waals surface area contributed by atoms with Crippen LogP contribution in [0.4, 0.5) is 0 Å². The van der Waals surface area contributed by atoms with Crippen LogP contribution in [0.3, 0.4) is 0 Å². The molecule has 0 saturated heterocycles. The van der Waals surface area contributed by atoms with Gasteiger partial charge in [-0.05, 0) is 6.92 Å². The van der Waals surface area contributed by atoms with Crippen molar-refractivity contribution in [1.29, 1.82) is 0 Å². The monoisotopic (exact) mass is 236 g/mol. The lowest BCUT2D eigenvalue weighted by molar-refractivity contribution is 0.681. The van der Waals surface area contributed by atoms with E-state index in [1.165, 1.54) is 37.2 Å². The second kappa shape index (κ2) is 3.41. The quantitative estimate of drug-likeness (QED) is 0.566. The van der Waals surface area contributed by atoms with Gasteiger partial charge >= 0.3 is 5.69 Å². The van der Waals surface area contributed by atoms with Gasteiger partial charge in [-0.2, -0.15) is 0 Å². The van der Waals surface area contributed by atoms with Gasteiger partial charge < -0.3 is 0 Å². The molecule has 0 aromatic carbocycles. The Morgan fingerprint density at radius 1 is 0.882 bits per heavy atom. The predicted molar refractivity (Wildman–Crippen MR) is 62.2 cm³/mol. The van der Waals surface area contributed by atoms with Gasteiger partial charge in [0.05, 0.1) is 0 Å². The van der Waals surface area contributed by atoms with Crippen molar-refractivity contribution in [3.05, 3.63) is 36.9 Å². The smallest absolute Gasteiger partial charge is 0.294 e. The van der Waals surface area contributed by atoms with Crippen LogP contribution in [0.5, 0.6) is 0 Å². The number of rotatable bonds is 0. The highest BCUT2D eigenvalue weighted by Crippen LogP contribution is 2.00. The van der Waals surface area contributed by atoms with Crippen LogP contribution in [-0.4, -0.2) is 18.7 Å². The molecule has 0 bridgehead atoms. The second-order valence-corrected chi connectivity index (χ2v) is 3.94. The lowest BCUT2D eigenvalue weighted by atomic mass is 10.4. The fourth-order valence-corrected chi connectivity index (χ4v) is 1.85. The van der Waals surface area contributed by atoms with E-state index in [1.807, 2.05) is 0 Å². The SMILES string of the molecule is Cc1nc2c(=O)n(C)c(=O)n(C)c2n(C)c1=O. The van der Waals surface area contributed by atoms with Gasteiger partial charge in [0.2, 0.25) is 0 Å². The third-order valence-corrected chi connectivity index (χ3v) is 2.82. The van der Waals surface area contributed by atoms with Crippen molar-refractivity contribution in [1.82, 2.24) is 18.7 Å². The molecule has 0 unspecified atom stereocenters. The molecule has 7 nitrogen and oxygen atoms in total. The van der Waals surface area contributed by atoms with Gasteiger partial charge in [0.25, 0.3) is 11.1 Å². The van der Waals surface area contributed by atoms with Gasteiger partial charge in [0, 0.05) is 21.1 Å². The number of nitrogens with zero attached hydrogens (tertiary/aromatic N) is 4. The fourth-order valence-electron chi connectivity index (χ4n) is 1.85. The zero-order valence-corrected chi connectivity index (χ0v) is 10.0. The van der Waals surface area contributed by atoms with Crippen molar-refractivity contribution in [3.8, 4) is 0 Å². The zero-order valence-electron chi connectivity index (χ0n) is 10.0. The van der Waals surface area contributed by atoms with E-state index in [2.05, 4.69) is 4.98 Å². The number of hydrogen-bond donors (Lipinski definition) is 0. The van der Waals surface area contributed by atoms with Crippen LogP contribution in [0, 0.1) is 6.92 Å². The summed E-state index contributed by atoms with van der Waals surface area (Å²) in [5.41, 5.74) is -0.718. The first-order chi connectivity index (χ1) is 7.86. The van der Waals surface area contributed by atoms with Crippen molar-refractivity contribution in [2.45, 2.75) is 6.92 Å². The Morgan fingerprint density at radius 3 is 2.06 bits per heavy atom. The highest BCUT2D eigenvalue weighted by molar-refractivity contribution is 5.69. The van der Waals surface area contributed by atoms with E-state index in [1.54, 1.807) is 0 Å². The first-order valence-corrected chi connectivity index (χ1v) is 4.99. The minimum Gasteiger partial charge on any atom is -0.294 e. The molecule has 2 aromatic rings. The Morgan fingerprint density at radius 2 is 1.47 bits per heavy atom. The van der Waals surface area contributed by atoms with Crippen LogP contribution in [0.2, 0.25) is 0 Å². The molecule has 2 rings (SSSR count). The molecular formula is C10H12N4O3. The largest absolute Gasteiger partial charge is 0.332 e. The standard InChI is InChI=1S/C10H12N4O3/c1-5-8(15)12(2)7-6(11-5)9(16)14(4)10(17)13(7)3/h1-4H3. The van der Waals surface area contributed by atoms with E-state index in [-0.39, 0.29) is 22.4 Å². The highest BCUT2D eigenvalue weighted by Gasteiger charge is 2.14. The highest BCUT2D eigenvalue weighted by atomic mass is 16.2. The summed E-state index contributed by atoms with van der Waals surface area (Å²) in [6.45, 7) is 1.53. The average Bonchev–Trinajstić information content (AvgIpc) is 2.30. The van der Waals surface area contributed by atoms with Crippen LogP contribution in [0.15, 0.2) is 14.4 Å². The second-order valence-electron chi connectivity index (χ2n) is 3.94. The van der Waals surface area contributed by atoms with Gasteiger partial charge in [-0.3, -0.25) is 23.3 Å². The third-order valence-electron chi connectivity index (χ3n) is 2.82. The number of fused-ring (bicyclic) bond motifs is 1. The van der Waals surface area contributed by atoms with Gasteiger partial charge in [0.15, 0.2) is 11.2 Å². The van der Waals surface area contributed by atoms with E-state index in [0.29, 0.717) is 0 Å². The number of aryl methyl sites for hydroxylation is 3. The average molecular weight is 236 g/mol. The van der Waals surface area contributed by atoms with Crippen molar-refractivity contribution < 1.29 is 0 Å². The summed E-state index contributed by atoms with van der Waals surface area (Å²) in [5.74, 6) is 0. The Balaban J connectivity index is 3.31. The Hall–Kier alpha value is -2.18. The van der Waals surface area contributed by atoms with Crippen molar-refractivity contribution in [2.24, 2.45) is 21.1 Å². The molecular weight excluding hydrogens is 224 g/mol. The summed E-state index contributed by atoms with van der Waals surface area (Å²) in [5, 5.41) is 0. The van der Waals surface area contributed by atoms with Crippen LogP contribution >= 0.6 is 0 Å². The Kier molecular flexibility index (Phi) is 2.27. The molecule has 0 saturated carbocycles. The lowest BCUT2D eigenvalue weighted by Crippen LogP contribution is -2.40. The molecule has 0 aliphatic heterocycles. The Bertz CT molecular complexity index is 786. The van der Waals surface area contributed by atoms with E-state index in [4.69, 9.17) is 0 Å². The first kappa shape index (κ1) is 11.3. The minimum atomic E-state index is -0.498. The van der Waals surface area contributed by atoms with Crippen LogP contribution in [-0.2, 0) is 21.1 Å². The maximum atomic E-state index is 11.9. The molecule has 0 atom stereocenters. The molecule has 0 fully saturated rings. The van der Waals surface area contributed by atoms with E-state index in [0.717, 1.165) is 4.57 Å². The lowest BCUT2D eigenvalue weighted by Gasteiger charge is -2.10. The molecule has 2 aromatic heterocycles. The topological polar surface area (TPSA) is 78.9 Å². The van der Waals surface area contributed by atoms with E-state index >= 15 is 0 Å². The maximum absolute atomic E-state index is 11.9. The zero-order chi connectivity index (χ0) is 12.9.